The molecule has 0 N–H and O–H groups in total. The minimum atomic E-state index is 0.921. The largest absolute Gasteiger partial charge is 0.309 e. The maximum atomic E-state index is 5.40. The van der Waals surface area contributed by atoms with Crippen LogP contribution in [0.2, 0.25) is 0 Å². The van der Waals surface area contributed by atoms with Gasteiger partial charge in [0.1, 0.15) is 0 Å². The van der Waals surface area contributed by atoms with Crippen molar-refractivity contribution >= 4 is 65.4 Å². The minimum Gasteiger partial charge on any atom is -0.309 e. The van der Waals surface area contributed by atoms with Gasteiger partial charge >= 0.3 is 0 Å². The molecule has 0 fully saturated rings. The average Bonchev–Trinajstić information content (AvgIpc) is 3.92. The highest BCUT2D eigenvalue weighted by molar-refractivity contribution is 6.11. The van der Waals surface area contributed by atoms with Crippen molar-refractivity contribution in [2.45, 2.75) is 0 Å². The molecule has 0 aliphatic heterocycles. The Morgan fingerprint density at radius 3 is 0.772 bits per heavy atom. The summed E-state index contributed by atoms with van der Waals surface area (Å²) in [7, 11) is 0. The zero-order valence-corrected chi connectivity index (χ0v) is 30.9. The van der Waals surface area contributed by atoms with E-state index in [0.717, 1.165) is 39.6 Å². The smallest absolute Gasteiger partial charge is 0.0730 e. The lowest BCUT2D eigenvalue weighted by molar-refractivity contribution is 1.15. The highest BCUT2D eigenvalue weighted by atomic mass is 15.0. The molecule has 0 radical (unpaired) electrons. The van der Waals surface area contributed by atoms with E-state index < -0.39 is 0 Å². The van der Waals surface area contributed by atoms with Gasteiger partial charge in [-0.1, -0.05) is 133 Å². The van der Waals surface area contributed by atoms with Gasteiger partial charge in [-0.15, -0.1) is 0 Å². The quantitative estimate of drug-likeness (QED) is 0.174. The number of fused-ring (bicyclic) bond motifs is 9. The maximum absolute atomic E-state index is 5.40. The molecule has 0 saturated heterocycles. The van der Waals surface area contributed by atoms with Gasteiger partial charge in [-0.25, -0.2) is 4.98 Å². The Hall–Kier alpha value is -7.69. The van der Waals surface area contributed by atoms with E-state index in [1.165, 1.54) is 65.4 Å². The van der Waals surface area contributed by atoms with Gasteiger partial charge in [0.25, 0.3) is 0 Å². The topological polar surface area (TPSA) is 27.7 Å². The van der Waals surface area contributed by atoms with Gasteiger partial charge in [-0.3, -0.25) is 0 Å². The van der Waals surface area contributed by atoms with Gasteiger partial charge in [0.05, 0.1) is 50.2 Å². The normalized spacial score (nSPS) is 11.9. The van der Waals surface area contributed by atoms with Crippen LogP contribution in [0.1, 0.15) is 0 Å². The minimum absolute atomic E-state index is 0.921. The fourth-order valence-electron chi connectivity index (χ4n) is 9.11. The summed E-state index contributed by atoms with van der Waals surface area (Å²) >= 11 is 0. The predicted molar refractivity (Wildman–Crippen MR) is 238 cm³/mol. The summed E-state index contributed by atoms with van der Waals surface area (Å²) in [5.41, 5.74) is 14.4. The van der Waals surface area contributed by atoms with Crippen LogP contribution in [-0.2, 0) is 0 Å². The van der Waals surface area contributed by atoms with Crippen LogP contribution < -0.4 is 0 Å². The molecule has 266 valence electrons. The van der Waals surface area contributed by atoms with Crippen molar-refractivity contribution in [1.29, 1.82) is 0 Å². The molecule has 57 heavy (non-hydrogen) atoms. The number of hydrogen-bond donors (Lipinski definition) is 0. The van der Waals surface area contributed by atoms with E-state index in [4.69, 9.17) is 4.98 Å². The summed E-state index contributed by atoms with van der Waals surface area (Å²) in [6, 6.07) is 74.2. The van der Waals surface area contributed by atoms with Crippen molar-refractivity contribution in [3.05, 3.63) is 206 Å². The highest BCUT2D eigenvalue weighted by Crippen LogP contribution is 2.37. The molecule has 4 aromatic heterocycles. The first-order chi connectivity index (χ1) is 28.3. The van der Waals surface area contributed by atoms with Gasteiger partial charge in [-0.05, 0) is 72.8 Å². The molecular formula is C53H34N4. The third kappa shape index (κ3) is 4.84. The molecule has 0 unspecified atom stereocenters. The zero-order valence-electron chi connectivity index (χ0n) is 30.9. The standard InChI is InChI=1S/C53H34N4/c1-7-19-48-40(13-1)41-14-2-8-20-49(41)55(48)37-29-25-35(26-30-37)46-33-39(57-52-23-11-5-17-44(52)45-18-6-12-24-53(45)57)34-47(54-46)36-27-31-38(32-28-36)56-50-21-9-3-15-42(50)43-16-4-10-22-51(43)56/h1-34H. The first-order valence-corrected chi connectivity index (χ1v) is 19.5. The number of benzene rings is 8. The van der Waals surface area contributed by atoms with E-state index in [1.807, 2.05) is 0 Å². The lowest BCUT2D eigenvalue weighted by Crippen LogP contribution is -1.99. The van der Waals surface area contributed by atoms with Gasteiger partial charge in [-0.2, -0.15) is 0 Å². The molecule has 12 aromatic rings. The summed E-state index contributed by atoms with van der Waals surface area (Å²) < 4.78 is 7.11. The third-order valence-electron chi connectivity index (χ3n) is 11.7. The van der Waals surface area contributed by atoms with E-state index in [1.54, 1.807) is 0 Å². The second-order valence-corrected chi connectivity index (χ2v) is 14.8. The Kier molecular flexibility index (Phi) is 6.89. The molecule has 0 bridgehead atoms. The molecule has 0 saturated carbocycles. The van der Waals surface area contributed by atoms with E-state index in [-0.39, 0.29) is 0 Å². The van der Waals surface area contributed by atoms with Crippen LogP contribution in [0.5, 0.6) is 0 Å². The maximum Gasteiger partial charge on any atom is 0.0730 e. The molecule has 4 heteroatoms. The van der Waals surface area contributed by atoms with Crippen molar-refractivity contribution in [3.8, 4) is 39.6 Å². The van der Waals surface area contributed by atoms with E-state index in [9.17, 15) is 0 Å². The number of para-hydroxylation sites is 6. The second kappa shape index (κ2) is 12.4. The van der Waals surface area contributed by atoms with E-state index in [0.29, 0.717) is 0 Å². The fourth-order valence-corrected chi connectivity index (χ4v) is 9.11. The van der Waals surface area contributed by atoms with Gasteiger partial charge in [0.2, 0.25) is 0 Å². The highest BCUT2D eigenvalue weighted by Gasteiger charge is 2.17. The lowest BCUT2D eigenvalue weighted by atomic mass is 10.1. The summed E-state index contributed by atoms with van der Waals surface area (Å²) in [5.74, 6) is 0. The zero-order chi connectivity index (χ0) is 37.5. The Bertz CT molecular complexity index is 3170. The number of nitrogens with zero attached hydrogens (tertiary/aromatic N) is 4. The van der Waals surface area contributed by atoms with E-state index in [2.05, 4.69) is 220 Å². The van der Waals surface area contributed by atoms with Crippen LogP contribution in [0.3, 0.4) is 0 Å². The summed E-state index contributed by atoms with van der Waals surface area (Å²) in [4.78, 5) is 5.40. The molecule has 0 atom stereocenters. The fraction of sp³-hybridized carbons (Fsp3) is 0. The molecule has 0 spiro atoms. The Morgan fingerprint density at radius 1 is 0.246 bits per heavy atom. The SMILES string of the molecule is c1ccc2c(c1)c1ccccc1n2-c1ccc(-c2cc(-n3c4ccccc4c4ccccc43)cc(-c3ccc(-n4c5ccccc5c5ccccc54)cc3)n2)cc1. The Balaban J connectivity index is 1.03. The van der Waals surface area contributed by atoms with Crippen molar-refractivity contribution in [1.82, 2.24) is 18.7 Å². The van der Waals surface area contributed by atoms with Crippen LogP contribution in [0, 0.1) is 0 Å². The monoisotopic (exact) mass is 726 g/mol. The lowest BCUT2D eigenvalue weighted by Gasteiger charge is -2.14. The van der Waals surface area contributed by atoms with Gasteiger partial charge < -0.3 is 13.7 Å². The van der Waals surface area contributed by atoms with Crippen molar-refractivity contribution in [2.24, 2.45) is 0 Å². The average molecular weight is 727 g/mol. The molecular weight excluding hydrogens is 693 g/mol. The molecule has 8 aromatic carbocycles. The molecule has 0 aliphatic rings. The molecule has 4 heterocycles. The number of pyridine rings is 1. The first kappa shape index (κ1) is 31.6. The van der Waals surface area contributed by atoms with Crippen molar-refractivity contribution in [2.75, 3.05) is 0 Å². The van der Waals surface area contributed by atoms with Crippen LogP contribution in [-0.4, -0.2) is 18.7 Å². The van der Waals surface area contributed by atoms with Crippen LogP contribution in [0.25, 0.3) is 105 Å². The predicted octanol–water partition coefficient (Wildman–Crippen LogP) is 13.7. The summed E-state index contributed by atoms with van der Waals surface area (Å²) in [5, 5.41) is 7.49. The molecule has 4 nitrogen and oxygen atoms in total. The number of aromatic nitrogens is 4. The number of hydrogen-bond acceptors (Lipinski definition) is 1. The van der Waals surface area contributed by atoms with Crippen molar-refractivity contribution < 1.29 is 0 Å². The van der Waals surface area contributed by atoms with Gasteiger partial charge in [0.15, 0.2) is 0 Å². The van der Waals surface area contributed by atoms with E-state index >= 15 is 0 Å². The second-order valence-electron chi connectivity index (χ2n) is 14.8. The van der Waals surface area contributed by atoms with Crippen LogP contribution in [0.4, 0.5) is 0 Å². The van der Waals surface area contributed by atoms with Crippen LogP contribution >= 0.6 is 0 Å². The third-order valence-corrected chi connectivity index (χ3v) is 11.7. The Morgan fingerprint density at radius 2 is 0.491 bits per heavy atom. The number of rotatable bonds is 5. The first-order valence-electron chi connectivity index (χ1n) is 19.5. The molecule has 0 aliphatic carbocycles. The summed E-state index contributed by atoms with van der Waals surface area (Å²) in [6.07, 6.45) is 0. The van der Waals surface area contributed by atoms with Gasteiger partial charge in [0, 0.05) is 54.8 Å². The molecule has 0 amide bonds. The van der Waals surface area contributed by atoms with Crippen molar-refractivity contribution in [3.63, 3.8) is 0 Å². The molecule has 12 rings (SSSR count). The Labute approximate surface area is 328 Å². The van der Waals surface area contributed by atoms with Crippen LogP contribution in [0.15, 0.2) is 206 Å². The summed E-state index contributed by atoms with van der Waals surface area (Å²) in [6.45, 7) is 0.